The first-order chi connectivity index (χ1) is 29.1. The van der Waals surface area contributed by atoms with Gasteiger partial charge in [-0.1, -0.05) is 26.0 Å². The number of nitrogens with one attached hydrogen (secondary N) is 5. The predicted molar refractivity (Wildman–Crippen MR) is 214 cm³/mol. The Balaban J connectivity index is 1.40. The molecule has 330 valence electrons. The molecule has 22 heteroatoms. The maximum atomic E-state index is 13.4. The number of imide groups is 1. The molecule has 3 rings (SSSR count). The zero-order valence-electron chi connectivity index (χ0n) is 33.7. The molecule has 7 N–H and O–H groups in total. The Hall–Kier alpha value is -6.94. The highest BCUT2D eigenvalue weighted by Crippen LogP contribution is 2.18. The third-order valence-corrected chi connectivity index (χ3v) is 8.57. The second kappa shape index (κ2) is 25.5. The van der Waals surface area contributed by atoms with Crippen LogP contribution < -0.4 is 37.1 Å². The fourth-order valence-electron chi connectivity index (χ4n) is 5.35. The van der Waals surface area contributed by atoms with Crippen LogP contribution >= 0.6 is 0 Å². The lowest BCUT2D eigenvalue weighted by atomic mass is 10.0. The SMILES string of the molecule is CC(C)[C@H](NC(=O)CCOCCOCCNC(=O)CCN1C(=O)C=CC1=O)C(=O)N[C@H](CCCNC(N)=O)C(=O)Nc1ccc(COC(=O)Oc2ccc([N+](=O)[O-])cc2)cc1. The molecule has 0 saturated heterocycles. The molecule has 0 aromatic heterocycles. The molecule has 61 heavy (non-hydrogen) atoms. The number of rotatable bonds is 26. The van der Waals surface area contributed by atoms with Gasteiger partial charge in [-0.15, -0.1) is 0 Å². The van der Waals surface area contributed by atoms with Gasteiger partial charge < -0.3 is 51.3 Å². The number of anilines is 1. The summed E-state index contributed by atoms with van der Waals surface area (Å²) in [5, 5.41) is 23.9. The predicted octanol–water partition coefficient (Wildman–Crippen LogP) is 1.18. The van der Waals surface area contributed by atoms with Gasteiger partial charge in [0.05, 0.1) is 31.4 Å². The lowest BCUT2D eigenvalue weighted by Crippen LogP contribution is -2.54. The Bertz CT molecular complexity index is 1870. The summed E-state index contributed by atoms with van der Waals surface area (Å²) in [7, 11) is 0. The summed E-state index contributed by atoms with van der Waals surface area (Å²) in [6.07, 6.45) is 1.52. The van der Waals surface area contributed by atoms with Gasteiger partial charge in [0, 0.05) is 62.4 Å². The topological polar surface area (TPSA) is 306 Å². The number of urea groups is 1. The molecular formula is C39H50N8O14. The second-order valence-corrected chi connectivity index (χ2v) is 13.6. The van der Waals surface area contributed by atoms with E-state index < -0.39 is 58.7 Å². The quantitative estimate of drug-likeness (QED) is 0.0193. The molecule has 0 bridgehead atoms. The number of hydrogen-bond acceptors (Lipinski definition) is 14. The number of nitrogens with two attached hydrogens (primary N) is 1. The van der Waals surface area contributed by atoms with Gasteiger partial charge in [0.25, 0.3) is 17.5 Å². The Morgan fingerprint density at radius 3 is 2.07 bits per heavy atom. The third-order valence-electron chi connectivity index (χ3n) is 8.57. The number of nitrogens with zero attached hydrogens (tertiary/aromatic N) is 2. The number of nitro benzene ring substituents is 1. The van der Waals surface area contributed by atoms with Crippen molar-refractivity contribution in [2.24, 2.45) is 11.7 Å². The van der Waals surface area contributed by atoms with Gasteiger partial charge >= 0.3 is 12.2 Å². The molecule has 2 aromatic rings. The molecule has 0 radical (unpaired) electrons. The molecule has 2 atom stereocenters. The van der Waals surface area contributed by atoms with E-state index in [1.807, 2.05) is 0 Å². The molecule has 0 fully saturated rings. The molecule has 1 heterocycles. The van der Waals surface area contributed by atoms with E-state index in [0.717, 1.165) is 17.1 Å². The maximum Gasteiger partial charge on any atom is 0.514 e. The molecule has 0 aliphatic carbocycles. The van der Waals surface area contributed by atoms with Crippen LogP contribution in [0.5, 0.6) is 5.75 Å². The number of ether oxygens (including phenoxy) is 4. The summed E-state index contributed by atoms with van der Waals surface area (Å²) >= 11 is 0. The molecular weight excluding hydrogens is 804 g/mol. The van der Waals surface area contributed by atoms with Crippen LogP contribution in [0.1, 0.15) is 45.1 Å². The van der Waals surface area contributed by atoms with Crippen molar-refractivity contribution in [3.8, 4) is 5.75 Å². The minimum Gasteiger partial charge on any atom is -0.429 e. The molecule has 2 aromatic carbocycles. The van der Waals surface area contributed by atoms with Crippen molar-refractivity contribution >= 4 is 59.0 Å². The normalized spacial score (nSPS) is 12.9. The lowest BCUT2D eigenvalue weighted by molar-refractivity contribution is -0.384. The summed E-state index contributed by atoms with van der Waals surface area (Å²) < 4.78 is 21.0. The fourth-order valence-corrected chi connectivity index (χ4v) is 5.35. The van der Waals surface area contributed by atoms with E-state index in [1.165, 1.54) is 24.3 Å². The number of amides is 8. The Morgan fingerprint density at radius 1 is 0.787 bits per heavy atom. The zero-order valence-corrected chi connectivity index (χ0v) is 33.7. The highest BCUT2D eigenvalue weighted by molar-refractivity contribution is 6.13. The van der Waals surface area contributed by atoms with Gasteiger partial charge in [-0.2, -0.15) is 0 Å². The van der Waals surface area contributed by atoms with Crippen LogP contribution in [0, 0.1) is 16.0 Å². The molecule has 1 aliphatic rings. The van der Waals surface area contributed by atoms with Gasteiger partial charge in [-0.3, -0.25) is 43.8 Å². The van der Waals surface area contributed by atoms with E-state index in [1.54, 1.807) is 38.1 Å². The average molecular weight is 855 g/mol. The van der Waals surface area contributed by atoms with E-state index in [4.69, 9.17) is 24.7 Å². The van der Waals surface area contributed by atoms with E-state index in [2.05, 4.69) is 26.6 Å². The average Bonchev–Trinajstić information content (AvgIpc) is 3.54. The minimum atomic E-state index is -1.09. The summed E-state index contributed by atoms with van der Waals surface area (Å²) in [5.41, 5.74) is 5.87. The van der Waals surface area contributed by atoms with Crippen molar-refractivity contribution in [1.29, 1.82) is 0 Å². The summed E-state index contributed by atoms with van der Waals surface area (Å²) in [6.45, 7) is 4.11. The first kappa shape index (κ1) is 48.4. The summed E-state index contributed by atoms with van der Waals surface area (Å²) in [5.74, 6) is -3.25. The highest BCUT2D eigenvalue weighted by atomic mass is 16.7. The summed E-state index contributed by atoms with van der Waals surface area (Å²) in [4.78, 5) is 109. The van der Waals surface area contributed by atoms with Gasteiger partial charge in [0.2, 0.25) is 23.6 Å². The molecule has 0 unspecified atom stereocenters. The van der Waals surface area contributed by atoms with Crippen molar-refractivity contribution < 1.29 is 62.2 Å². The lowest BCUT2D eigenvalue weighted by Gasteiger charge is -2.25. The maximum absolute atomic E-state index is 13.4. The molecule has 8 amide bonds. The Labute approximate surface area is 350 Å². The number of benzene rings is 2. The van der Waals surface area contributed by atoms with Crippen molar-refractivity contribution in [3.63, 3.8) is 0 Å². The van der Waals surface area contributed by atoms with E-state index in [9.17, 15) is 48.5 Å². The monoisotopic (exact) mass is 854 g/mol. The van der Waals surface area contributed by atoms with E-state index >= 15 is 0 Å². The van der Waals surface area contributed by atoms with Gasteiger partial charge in [-0.05, 0) is 48.6 Å². The van der Waals surface area contributed by atoms with Gasteiger partial charge in [0.15, 0.2) is 0 Å². The number of non-ortho nitro benzene ring substituents is 1. The number of carbonyl (C=O) groups is 8. The van der Waals surface area contributed by atoms with Crippen molar-refractivity contribution in [1.82, 2.24) is 26.2 Å². The van der Waals surface area contributed by atoms with Gasteiger partial charge in [-0.25, -0.2) is 9.59 Å². The standard InChI is InChI=1S/C39H50N8O14/c1-25(2)35(45-32(49)16-20-58-22-23-59-21-18-41-31(48)15-19-46-33(50)13-14-34(46)51)37(53)44-30(4-3-17-42-38(40)54)36(52)43-27-7-5-26(6-8-27)24-60-39(55)61-29-11-9-28(10-12-29)47(56)57/h5-14,25,30,35H,3-4,15-24H2,1-2H3,(H,41,48)(H,43,52)(H,44,53)(H,45,49)(H3,40,42,54)/t30-,35+/m1/s1. The molecule has 0 spiro atoms. The number of primary amides is 1. The van der Waals surface area contributed by atoms with Crippen LogP contribution in [0.3, 0.4) is 0 Å². The number of nitro groups is 1. The molecule has 1 aliphatic heterocycles. The van der Waals surface area contributed by atoms with Gasteiger partial charge in [0.1, 0.15) is 24.4 Å². The summed E-state index contributed by atoms with van der Waals surface area (Å²) in [6, 6.07) is 8.27. The van der Waals surface area contributed by atoms with Crippen LogP contribution in [-0.2, 0) is 49.6 Å². The minimum absolute atomic E-state index is 0.0193. The van der Waals surface area contributed by atoms with Crippen molar-refractivity contribution in [2.75, 3.05) is 51.4 Å². The van der Waals surface area contributed by atoms with Crippen molar-refractivity contribution in [3.05, 3.63) is 76.4 Å². The second-order valence-electron chi connectivity index (χ2n) is 13.6. The Kier molecular flexibility index (Phi) is 20.3. The molecule has 22 nitrogen and oxygen atoms in total. The first-order valence-corrected chi connectivity index (χ1v) is 19.2. The number of carbonyl (C=O) groups excluding carboxylic acids is 8. The fraction of sp³-hybridized carbons (Fsp3) is 0.436. The van der Waals surface area contributed by atoms with Crippen LogP contribution in [0.25, 0.3) is 0 Å². The Morgan fingerprint density at radius 2 is 1.44 bits per heavy atom. The number of hydrogen-bond donors (Lipinski definition) is 6. The molecule has 0 saturated carbocycles. The van der Waals surface area contributed by atoms with Crippen LogP contribution in [0.4, 0.5) is 21.0 Å². The van der Waals surface area contributed by atoms with Crippen molar-refractivity contribution in [2.45, 2.75) is 58.2 Å². The zero-order chi connectivity index (χ0) is 44.7. The smallest absolute Gasteiger partial charge is 0.429 e. The first-order valence-electron chi connectivity index (χ1n) is 19.2. The van der Waals surface area contributed by atoms with Crippen LogP contribution in [-0.4, -0.2) is 116 Å². The third kappa shape index (κ3) is 18.3. The van der Waals surface area contributed by atoms with E-state index in [-0.39, 0.29) is 102 Å². The largest absolute Gasteiger partial charge is 0.514 e. The van der Waals surface area contributed by atoms with E-state index in [0.29, 0.717) is 11.3 Å². The highest BCUT2D eigenvalue weighted by Gasteiger charge is 2.29. The van der Waals surface area contributed by atoms with Crippen LogP contribution in [0.15, 0.2) is 60.7 Å². The van der Waals surface area contributed by atoms with Crippen LogP contribution in [0.2, 0.25) is 0 Å².